The number of hydrogen-bond donors (Lipinski definition) is 4. The van der Waals surface area contributed by atoms with Crippen molar-refractivity contribution >= 4 is 47.3 Å². The lowest BCUT2D eigenvalue weighted by molar-refractivity contribution is -0.137. The van der Waals surface area contributed by atoms with Gasteiger partial charge in [-0.2, -0.15) is 13.2 Å². The van der Waals surface area contributed by atoms with E-state index in [-0.39, 0.29) is 22.0 Å². The highest BCUT2D eigenvalue weighted by atomic mass is 35.5. The predicted molar refractivity (Wildman–Crippen MR) is 103 cm³/mol. The number of carbonyl (C=O) groups excluding carboxylic acids is 1. The number of carbonyl (C=O) groups is 2. The van der Waals surface area contributed by atoms with Crippen LogP contribution in [0.25, 0.3) is 6.08 Å². The molecule has 0 aliphatic carbocycles. The molecule has 0 saturated heterocycles. The number of aliphatic imine (C=N–C) groups is 1. The molecule has 0 fully saturated rings. The Morgan fingerprint density at radius 3 is 2.48 bits per heavy atom. The van der Waals surface area contributed by atoms with Crippen molar-refractivity contribution in [2.75, 3.05) is 5.32 Å². The average Bonchev–Trinajstić information content (AvgIpc) is 2.64. The number of amides is 1. The monoisotopic (exact) mass is 426 g/mol. The number of nitrogens with one attached hydrogen (secondary N) is 2. The van der Waals surface area contributed by atoms with Crippen molar-refractivity contribution in [1.29, 1.82) is 0 Å². The molecular weight excluding hydrogens is 413 g/mol. The molecule has 0 aliphatic rings. The Labute approximate surface area is 167 Å². The molecule has 7 nitrogen and oxygen atoms in total. The quantitative estimate of drug-likeness (QED) is 0.184. The first-order valence-corrected chi connectivity index (χ1v) is 8.21. The number of benzene rings is 2. The van der Waals surface area contributed by atoms with Crippen molar-refractivity contribution in [1.82, 2.24) is 5.43 Å². The second-order valence-corrected chi connectivity index (χ2v) is 5.96. The third kappa shape index (κ3) is 6.33. The molecule has 0 atom stereocenters. The summed E-state index contributed by atoms with van der Waals surface area (Å²) in [6.45, 7) is 0. The molecule has 29 heavy (non-hydrogen) atoms. The lowest BCUT2D eigenvalue weighted by Gasteiger charge is -2.11. The SMILES string of the molecule is NNC=Nc1cc(C(=O)Nc2ccc(C=CC(=O)O)c(Cl)c2)cc(C(F)(F)F)c1. The number of aliphatic carboxylic acids is 1. The van der Waals surface area contributed by atoms with Gasteiger partial charge in [0.1, 0.15) is 6.34 Å². The third-order valence-electron chi connectivity index (χ3n) is 3.46. The van der Waals surface area contributed by atoms with E-state index >= 15 is 0 Å². The first-order valence-electron chi connectivity index (χ1n) is 7.83. The first-order chi connectivity index (χ1) is 13.6. The van der Waals surface area contributed by atoms with Crippen molar-refractivity contribution in [3.05, 3.63) is 64.2 Å². The van der Waals surface area contributed by atoms with Gasteiger partial charge in [-0.15, -0.1) is 0 Å². The molecule has 1 amide bonds. The number of carboxylic acids is 1. The number of nitrogens with two attached hydrogens (primary N) is 1. The first kappa shape index (κ1) is 21.9. The molecule has 0 bridgehead atoms. The second kappa shape index (κ2) is 9.22. The molecule has 152 valence electrons. The summed E-state index contributed by atoms with van der Waals surface area (Å²) >= 11 is 6.03. The maximum Gasteiger partial charge on any atom is 0.416 e. The summed E-state index contributed by atoms with van der Waals surface area (Å²) in [6.07, 6.45) is -1.56. The topological polar surface area (TPSA) is 117 Å². The van der Waals surface area contributed by atoms with E-state index in [9.17, 15) is 22.8 Å². The van der Waals surface area contributed by atoms with Gasteiger partial charge in [-0.05, 0) is 42.0 Å². The number of rotatable bonds is 6. The standard InChI is InChI=1S/C18H14ClF3N4O3/c19-15-8-13(3-1-10(15)2-4-16(27)28)26-17(29)11-5-12(18(20,21)22)7-14(6-11)24-9-25-23/h1-9H,23H2,(H,24,25)(H,26,29)(H,27,28). The minimum absolute atomic E-state index is 0.130. The molecule has 0 aromatic heterocycles. The van der Waals surface area contributed by atoms with Crippen molar-refractivity contribution in [3.63, 3.8) is 0 Å². The predicted octanol–water partition coefficient (Wildman–Crippen LogP) is 3.83. The van der Waals surface area contributed by atoms with Crippen LogP contribution in [0.3, 0.4) is 0 Å². The maximum absolute atomic E-state index is 13.1. The summed E-state index contributed by atoms with van der Waals surface area (Å²) in [5, 5.41) is 11.2. The number of halogens is 4. The summed E-state index contributed by atoms with van der Waals surface area (Å²) < 4.78 is 39.3. The van der Waals surface area contributed by atoms with E-state index in [1.165, 1.54) is 24.3 Å². The fourth-order valence-corrected chi connectivity index (χ4v) is 2.44. The van der Waals surface area contributed by atoms with E-state index < -0.39 is 23.6 Å². The van der Waals surface area contributed by atoms with Crippen LogP contribution < -0.4 is 16.6 Å². The van der Waals surface area contributed by atoms with Crippen molar-refractivity contribution in [2.24, 2.45) is 10.8 Å². The smallest absolute Gasteiger partial charge is 0.416 e. The van der Waals surface area contributed by atoms with E-state index in [1.807, 2.05) is 0 Å². The summed E-state index contributed by atoms with van der Waals surface area (Å²) in [5.41, 5.74) is 1.19. The van der Waals surface area contributed by atoms with Crippen LogP contribution in [0.2, 0.25) is 5.02 Å². The van der Waals surface area contributed by atoms with Gasteiger partial charge < -0.3 is 15.8 Å². The largest absolute Gasteiger partial charge is 0.478 e. The zero-order valence-corrected chi connectivity index (χ0v) is 15.3. The lowest BCUT2D eigenvalue weighted by Crippen LogP contribution is -2.18. The van der Waals surface area contributed by atoms with Gasteiger partial charge in [0.15, 0.2) is 0 Å². The summed E-state index contributed by atoms with van der Waals surface area (Å²) in [6, 6.07) is 6.83. The third-order valence-corrected chi connectivity index (χ3v) is 3.79. The van der Waals surface area contributed by atoms with Crippen LogP contribution >= 0.6 is 11.6 Å². The lowest BCUT2D eigenvalue weighted by atomic mass is 10.1. The summed E-state index contributed by atoms with van der Waals surface area (Å²) in [4.78, 5) is 26.7. The molecule has 2 aromatic rings. The molecule has 5 N–H and O–H groups in total. The Morgan fingerprint density at radius 1 is 1.17 bits per heavy atom. The van der Waals surface area contributed by atoms with Gasteiger partial charge in [0.05, 0.1) is 11.3 Å². The molecule has 2 aromatic carbocycles. The highest BCUT2D eigenvalue weighted by Gasteiger charge is 2.31. The number of alkyl halides is 3. The van der Waals surface area contributed by atoms with E-state index in [0.29, 0.717) is 11.6 Å². The number of hydrazine groups is 1. The Hall–Kier alpha value is -3.37. The highest BCUT2D eigenvalue weighted by Crippen LogP contribution is 2.33. The Morgan fingerprint density at radius 2 is 1.90 bits per heavy atom. The molecule has 11 heteroatoms. The molecule has 0 radical (unpaired) electrons. The fraction of sp³-hybridized carbons (Fsp3) is 0.0556. The van der Waals surface area contributed by atoms with E-state index in [1.54, 1.807) is 0 Å². The zero-order chi connectivity index (χ0) is 21.6. The van der Waals surface area contributed by atoms with Crippen LogP contribution in [0.1, 0.15) is 21.5 Å². The fourth-order valence-electron chi connectivity index (χ4n) is 2.20. The minimum atomic E-state index is -4.68. The maximum atomic E-state index is 13.1. The van der Waals surface area contributed by atoms with Crippen LogP contribution in [0, 0.1) is 0 Å². The molecule has 0 spiro atoms. The van der Waals surface area contributed by atoms with Crippen molar-refractivity contribution < 1.29 is 27.9 Å². The molecule has 0 unspecified atom stereocenters. The molecule has 2 rings (SSSR count). The van der Waals surface area contributed by atoms with Crippen LogP contribution in [0.15, 0.2) is 47.5 Å². The average molecular weight is 427 g/mol. The van der Waals surface area contributed by atoms with Gasteiger partial charge >= 0.3 is 12.1 Å². The van der Waals surface area contributed by atoms with Gasteiger partial charge in [0.2, 0.25) is 0 Å². The van der Waals surface area contributed by atoms with Crippen LogP contribution in [-0.4, -0.2) is 23.3 Å². The summed E-state index contributed by atoms with van der Waals surface area (Å²) in [5.74, 6) is 3.03. The van der Waals surface area contributed by atoms with Crippen molar-refractivity contribution in [3.8, 4) is 0 Å². The normalized spacial score (nSPS) is 11.8. The Kier molecular flexibility index (Phi) is 6.97. The number of carboxylic acid groups (broad SMARTS) is 1. The van der Waals surface area contributed by atoms with E-state index in [2.05, 4.69) is 15.7 Å². The van der Waals surface area contributed by atoms with E-state index in [4.69, 9.17) is 22.6 Å². The molecule has 0 aliphatic heterocycles. The van der Waals surface area contributed by atoms with E-state index in [0.717, 1.165) is 24.5 Å². The minimum Gasteiger partial charge on any atom is -0.478 e. The van der Waals surface area contributed by atoms with Crippen molar-refractivity contribution in [2.45, 2.75) is 6.18 Å². The van der Waals surface area contributed by atoms with Crippen LogP contribution in [-0.2, 0) is 11.0 Å². The Bertz CT molecular complexity index is 991. The summed E-state index contributed by atoms with van der Waals surface area (Å²) in [7, 11) is 0. The zero-order valence-electron chi connectivity index (χ0n) is 14.5. The van der Waals surface area contributed by atoms with Gasteiger partial charge in [-0.3, -0.25) is 4.79 Å². The molecule has 0 saturated carbocycles. The van der Waals surface area contributed by atoms with Gasteiger partial charge in [-0.25, -0.2) is 15.6 Å². The van der Waals surface area contributed by atoms with Crippen LogP contribution in [0.5, 0.6) is 0 Å². The molecule has 0 heterocycles. The van der Waals surface area contributed by atoms with Gasteiger partial charge in [0, 0.05) is 22.3 Å². The Balaban J connectivity index is 2.31. The number of nitrogens with zero attached hydrogens (tertiary/aromatic N) is 1. The highest BCUT2D eigenvalue weighted by molar-refractivity contribution is 6.32. The molecular formula is C18H14ClF3N4O3. The second-order valence-electron chi connectivity index (χ2n) is 5.55. The van der Waals surface area contributed by atoms with Gasteiger partial charge in [0.25, 0.3) is 5.91 Å². The van der Waals surface area contributed by atoms with Gasteiger partial charge in [-0.1, -0.05) is 17.7 Å². The van der Waals surface area contributed by atoms with Crippen LogP contribution in [0.4, 0.5) is 24.5 Å². The number of anilines is 1. The number of hydrogen-bond acceptors (Lipinski definition) is 4.